The topological polar surface area (TPSA) is 444 Å². The number of aliphatic hydroxyl groups is 17. The molecule has 17 N–H and O–H groups in total. The Bertz CT molecular complexity index is 2070. The van der Waals surface area contributed by atoms with E-state index in [1.807, 2.05) is 0 Å². The van der Waals surface area contributed by atoms with Crippen LogP contribution < -0.4 is 0 Å². The van der Waals surface area contributed by atoms with E-state index in [9.17, 15) is 86.8 Å². The molecule has 27 heteroatoms. The molecular formula is C51H82O27. The van der Waals surface area contributed by atoms with Crippen LogP contribution in [0.25, 0.3) is 0 Å². The average Bonchev–Trinajstić information content (AvgIpc) is 3.88. The lowest BCUT2D eigenvalue weighted by Gasteiger charge is -2.64. The molecule has 4 saturated heterocycles. The molecule has 31 atom stereocenters. The number of carbonyl (C=O) groups is 1. The van der Waals surface area contributed by atoms with Gasteiger partial charge in [-0.3, -0.25) is 4.79 Å². The van der Waals surface area contributed by atoms with Gasteiger partial charge in [-0.2, -0.15) is 0 Å². The van der Waals surface area contributed by atoms with Crippen LogP contribution in [0.4, 0.5) is 0 Å². The van der Waals surface area contributed by atoms with Gasteiger partial charge >= 0.3 is 5.97 Å². The predicted molar refractivity (Wildman–Crippen MR) is 255 cm³/mol. The molecule has 5 aliphatic carbocycles. The van der Waals surface area contributed by atoms with Crippen molar-refractivity contribution in [3.63, 3.8) is 0 Å². The normalized spacial score (nSPS) is 54.5. The van der Waals surface area contributed by atoms with Crippen LogP contribution in [-0.2, 0) is 47.4 Å². The summed E-state index contributed by atoms with van der Waals surface area (Å²) >= 11 is 0. The van der Waals surface area contributed by atoms with Crippen LogP contribution in [0, 0.1) is 34.0 Å². The number of aliphatic hydroxyl groups excluding tert-OH is 17. The highest BCUT2D eigenvalue weighted by Gasteiger charge is 2.70. The SMILES string of the molecule is C=C1C[C@@]23CCC4[C@](C)(C(=O)OC5OC(CO)C(O)C(OC6OC(CO)C(O)C(O)C6O)C5OC5CC(CO)C(O)C(O)C5O)CCC[C@@]4(C)[C@@H]2CCC1(OC1OC(CO)C(O)C(OC2OC(CO)C(O)C(O)C2O)C1O)C3. The minimum absolute atomic E-state index is 0.0279. The molecule has 4 aliphatic heterocycles. The summed E-state index contributed by atoms with van der Waals surface area (Å²) in [4.78, 5) is 15.2. The van der Waals surface area contributed by atoms with Crippen molar-refractivity contribution in [3.05, 3.63) is 12.2 Å². The van der Waals surface area contributed by atoms with Gasteiger partial charge in [-0.1, -0.05) is 19.9 Å². The molecule has 0 aromatic carbocycles. The van der Waals surface area contributed by atoms with Crippen LogP contribution in [0.15, 0.2) is 12.2 Å². The molecule has 9 aliphatic rings. The summed E-state index contributed by atoms with van der Waals surface area (Å²) in [6.45, 7) is 4.55. The zero-order valence-corrected chi connectivity index (χ0v) is 43.6. The predicted octanol–water partition coefficient (Wildman–Crippen LogP) is -6.63. The lowest BCUT2D eigenvalue weighted by Crippen LogP contribution is -2.67. The fourth-order valence-electron chi connectivity index (χ4n) is 15.4. The zero-order valence-electron chi connectivity index (χ0n) is 43.6. The summed E-state index contributed by atoms with van der Waals surface area (Å²) in [7, 11) is 0. The van der Waals surface area contributed by atoms with E-state index in [4.69, 9.17) is 42.6 Å². The van der Waals surface area contributed by atoms with Crippen molar-refractivity contribution >= 4 is 5.97 Å². The number of carbonyl (C=O) groups excluding carboxylic acids is 1. The summed E-state index contributed by atoms with van der Waals surface area (Å²) in [5.74, 6) is -2.14. The Morgan fingerprint density at radius 1 is 0.526 bits per heavy atom. The van der Waals surface area contributed by atoms with Crippen molar-refractivity contribution in [1.29, 1.82) is 0 Å². The van der Waals surface area contributed by atoms with E-state index in [2.05, 4.69) is 13.5 Å². The lowest BCUT2D eigenvalue weighted by molar-refractivity contribution is -0.369. The van der Waals surface area contributed by atoms with Gasteiger partial charge in [0.25, 0.3) is 0 Å². The largest absolute Gasteiger partial charge is 0.432 e. The van der Waals surface area contributed by atoms with Gasteiger partial charge in [-0.15, -0.1) is 0 Å². The molecule has 0 aromatic rings. The third kappa shape index (κ3) is 10.3. The molecule has 4 heterocycles. The van der Waals surface area contributed by atoms with Gasteiger partial charge in [-0.25, -0.2) is 0 Å². The second kappa shape index (κ2) is 23.3. The summed E-state index contributed by atoms with van der Waals surface area (Å²) in [5.41, 5.74) is -2.55. The standard InChI is InChI=1S/C51H82O27/c1-19-12-50-9-5-26-48(2,27(50)6-10-51(19,18-50)78-45-39(68)40(32(61)24(16-55)73-45)75-43-37(66)35(64)30(59)22(14-53)71-43)7-4-8-49(26,3)47(69)77-46-42(70-21-11-20(13-52)28(57)34(63)29(21)58)41(33(62)25(17-56)74-46)76-44-38(67)36(65)31(60)23(15-54)72-44/h20-46,52-68H,1,4-18H2,2-3H3/t20?,21?,22?,23?,24?,25?,26?,27-,28?,29?,30?,31?,32?,33?,34?,35?,36?,37?,38?,39?,40?,41?,42?,43?,44?,45?,46?,48+,49+,50+,51?/m0/s1. The van der Waals surface area contributed by atoms with E-state index in [1.54, 1.807) is 6.92 Å². The second-order valence-electron chi connectivity index (χ2n) is 24.1. The number of rotatable bonds is 15. The molecule has 2 bridgehead atoms. The maximum atomic E-state index is 15.2. The number of esters is 1. The Balaban J connectivity index is 0.949. The third-order valence-electron chi connectivity index (χ3n) is 19.7. The summed E-state index contributed by atoms with van der Waals surface area (Å²) in [5, 5.41) is 182. The molecule has 78 heavy (non-hydrogen) atoms. The molecule has 5 saturated carbocycles. The average molecular weight is 1130 g/mol. The Morgan fingerprint density at radius 2 is 1.04 bits per heavy atom. The highest BCUT2D eigenvalue weighted by molar-refractivity contribution is 5.77. The fraction of sp³-hybridized carbons (Fsp3) is 0.941. The first-order valence-corrected chi connectivity index (χ1v) is 27.2. The van der Waals surface area contributed by atoms with Crippen LogP contribution in [0.2, 0.25) is 0 Å². The molecule has 0 amide bonds. The Labute approximate surface area is 449 Å². The number of ether oxygens (including phenoxy) is 9. The van der Waals surface area contributed by atoms with Crippen molar-refractivity contribution in [2.24, 2.45) is 34.0 Å². The number of fused-ring (bicyclic) bond motifs is 3. The van der Waals surface area contributed by atoms with E-state index >= 15 is 4.79 Å². The van der Waals surface area contributed by atoms with Gasteiger partial charge in [0, 0.05) is 12.5 Å². The van der Waals surface area contributed by atoms with Crippen LogP contribution in [0.3, 0.4) is 0 Å². The van der Waals surface area contributed by atoms with E-state index in [-0.39, 0.29) is 18.3 Å². The Hall–Kier alpha value is -1.79. The summed E-state index contributed by atoms with van der Waals surface area (Å²) in [6.07, 6.45) is -36.8. The molecule has 0 aromatic heterocycles. The van der Waals surface area contributed by atoms with Gasteiger partial charge in [0.1, 0.15) is 110 Å². The van der Waals surface area contributed by atoms with Crippen molar-refractivity contribution in [2.75, 3.05) is 33.0 Å². The molecule has 1 spiro atoms. The first-order chi connectivity index (χ1) is 36.9. The lowest BCUT2D eigenvalue weighted by atomic mass is 9.41. The molecule has 448 valence electrons. The maximum Gasteiger partial charge on any atom is 0.314 e. The number of hydrogen-bond acceptors (Lipinski definition) is 27. The summed E-state index contributed by atoms with van der Waals surface area (Å²) in [6, 6.07) is 0. The smallest absolute Gasteiger partial charge is 0.314 e. The molecular weight excluding hydrogens is 1040 g/mol. The Kier molecular flexibility index (Phi) is 18.2. The van der Waals surface area contributed by atoms with E-state index in [0.29, 0.717) is 57.8 Å². The second-order valence-corrected chi connectivity index (χ2v) is 24.1. The van der Waals surface area contributed by atoms with Crippen molar-refractivity contribution in [2.45, 2.75) is 231 Å². The highest BCUT2D eigenvalue weighted by atomic mass is 16.8. The Morgan fingerprint density at radius 3 is 1.62 bits per heavy atom. The van der Waals surface area contributed by atoms with Crippen LogP contribution >= 0.6 is 0 Å². The quantitative estimate of drug-likeness (QED) is 0.0412. The summed E-state index contributed by atoms with van der Waals surface area (Å²) < 4.78 is 54.5. The minimum Gasteiger partial charge on any atom is -0.432 e. The number of hydrogen-bond donors (Lipinski definition) is 17. The third-order valence-corrected chi connectivity index (χ3v) is 19.7. The molecule has 9 rings (SSSR count). The molecule has 27 nitrogen and oxygen atoms in total. The van der Waals surface area contributed by atoms with Crippen molar-refractivity contribution in [1.82, 2.24) is 0 Å². The monoisotopic (exact) mass is 1130 g/mol. The first-order valence-electron chi connectivity index (χ1n) is 27.2. The molecule has 27 unspecified atom stereocenters. The zero-order chi connectivity index (χ0) is 56.7. The van der Waals surface area contributed by atoms with Crippen molar-refractivity contribution < 1.29 is 134 Å². The van der Waals surface area contributed by atoms with Crippen LogP contribution in [-0.4, -0.2) is 279 Å². The van der Waals surface area contributed by atoms with E-state index < -0.39 is 214 Å². The van der Waals surface area contributed by atoms with Crippen LogP contribution in [0.5, 0.6) is 0 Å². The van der Waals surface area contributed by atoms with Gasteiger partial charge in [0.2, 0.25) is 6.29 Å². The van der Waals surface area contributed by atoms with Crippen LogP contribution in [0.1, 0.15) is 78.1 Å². The molecule has 9 fully saturated rings. The van der Waals surface area contributed by atoms with E-state index in [0.717, 1.165) is 5.57 Å². The molecule has 0 radical (unpaired) electrons. The first kappa shape index (κ1) is 60.8. The minimum atomic E-state index is -2.00. The van der Waals surface area contributed by atoms with Crippen molar-refractivity contribution in [3.8, 4) is 0 Å². The van der Waals surface area contributed by atoms with Gasteiger partial charge in [-0.05, 0) is 93.0 Å². The van der Waals surface area contributed by atoms with Gasteiger partial charge in [0.05, 0.1) is 49.7 Å². The fourth-order valence-corrected chi connectivity index (χ4v) is 15.4. The van der Waals surface area contributed by atoms with E-state index in [1.165, 1.54) is 0 Å². The highest BCUT2D eigenvalue weighted by Crippen LogP contribution is 2.74. The van der Waals surface area contributed by atoms with Gasteiger partial charge < -0.3 is 129 Å². The maximum absolute atomic E-state index is 15.2. The van der Waals surface area contributed by atoms with Gasteiger partial charge in [0.15, 0.2) is 18.9 Å².